The second-order valence-corrected chi connectivity index (χ2v) is 5.15. The number of aromatic amines is 1. The maximum Gasteiger partial charge on any atom is 0.319 e. The number of hydrogen-bond acceptors (Lipinski definition) is 3. The van der Waals surface area contributed by atoms with Crippen LogP contribution in [0.3, 0.4) is 0 Å². The fraction of sp³-hybridized carbons (Fsp3) is 0.333. The SMILES string of the molecule is Cc1cc(C[C@H](C)NC(=O)Nc2cccc(CN)c2)n[nH]1. The number of carbonyl (C=O) groups excluding carboxylic acids is 1. The lowest BCUT2D eigenvalue weighted by atomic mass is 10.2. The molecule has 0 spiro atoms. The molecule has 1 aromatic heterocycles. The standard InChI is InChI=1S/C15H21N5O/c1-10(6-14-7-11(2)19-20-14)17-15(21)18-13-5-3-4-12(8-13)9-16/h3-5,7-8,10H,6,9,16H2,1-2H3,(H,19,20)(H2,17,18,21)/t10-/m0/s1. The van der Waals surface area contributed by atoms with Gasteiger partial charge in [0.25, 0.3) is 0 Å². The maximum atomic E-state index is 11.9. The summed E-state index contributed by atoms with van der Waals surface area (Å²) in [5.41, 5.74) is 9.24. The van der Waals surface area contributed by atoms with Crippen LogP contribution in [0.2, 0.25) is 0 Å². The van der Waals surface area contributed by atoms with E-state index in [9.17, 15) is 4.79 Å². The summed E-state index contributed by atoms with van der Waals surface area (Å²) >= 11 is 0. The van der Waals surface area contributed by atoms with Gasteiger partial charge < -0.3 is 16.4 Å². The van der Waals surface area contributed by atoms with E-state index in [2.05, 4.69) is 20.8 Å². The maximum absolute atomic E-state index is 11.9. The summed E-state index contributed by atoms with van der Waals surface area (Å²) in [5.74, 6) is 0. The molecule has 0 bridgehead atoms. The number of carbonyl (C=O) groups is 1. The van der Waals surface area contributed by atoms with Crippen molar-refractivity contribution in [2.24, 2.45) is 5.73 Å². The van der Waals surface area contributed by atoms with Gasteiger partial charge in [0.1, 0.15) is 0 Å². The molecule has 2 rings (SSSR count). The third-order valence-electron chi connectivity index (χ3n) is 3.07. The summed E-state index contributed by atoms with van der Waals surface area (Å²) in [6, 6.07) is 9.22. The molecule has 0 fully saturated rings. The molecule has 2 aromatic rings. The first-order valence-corrected chi connectivity index (χ1v) is 6.94. The summed E-state index contributed by atoms with van der Waals surface area (Å²) < 4.78 is 0. The topological polar surface area (TPSA) is 95.8 Å². The Balaban J connectivity index is 1.85. The lowest BCUT2D eigenvalue weighted by Crippen LogP contribution is -2.37. The van der Waals surface area contributed by atoms with Crippen LogP contribution >= 0.6 is 0 Å². The summed E-state index contributed by atoms with van der Waals surface area (Å²) in [7, 11) is 0. The largest absolute Gasteiger partial charge is 0.335 e. The minimum absolute atomic E-state index is 0.00890. The van der Waals surface area contributed by atoms with Crippen molar-refractivity contribution in [2.75, 3.05) is 5.32 Å². The van der Waals surface area contributed by atoms with Gasteiger partial charge in [-0.1, -0.05) is 12.1 Å². The third kappa shape index (κ3) is 4.61. The molecule has 2 amide bonds. The van der Waals surface area contributed by atoms with Gasteiger partial charge in [0.2, 0.25) is 0 Å². The molecule has 1 aromatic carbocycles. The molecule has 0 saturated heterocycles. The second kappa shape index (κ2) is 6.90. The van der Waals surface area contributed by atoms with Crippen LogP contribution in [0.15, 0.2) is 30.3 Å². The molecular formula is C15H21N5O. The zero-order valence-electron chi connectivity index (χ0n) is 12.3. The van der Waals surface area contributed by atoms with E-state index in [1.165, 1.54) is 0 Å². The van der Waals surface area contributed by atoms with Crippen LogP contribution in [-0.2, 0) is 13.0 Å². The normalized spacial score (nSPS) is 12.0. The van der Waals surface area contributed by atoms with Crippen molar-refractivity contribution in [3.63, 3.8) is 0 Å². The van der Waals surface area contributed by atoms with E-state index < -0.39 is 0 Å². The first kappa shape index (κ1) is 15.1. The number of urea groups is 1. The Hall–Kier alpha value is -2.34. The minimum Gasteiger partial charge on any atom is -0.335 e. The highest BCUT2D eigenvalue weighted by molar-refractivity contribution is 5.89. The summed E-state index contributed by atoms with van der Waals surface area (Å²) in [6.45, 7) is 4.34. The molecule has 6 heteroatoms. The predicted octanol–water partition coefficient (Wildman–Crippen LogP) is 1.93. The lowest BCUT2D eigenvalue weighted by Gasteiger charge is -2.14. The highest BCUT2D eigenvalue weighted by Gasteiger charge is 2.10. The lowest BCUT2D eigenvalue weighted by molar-refractivity contribution is 0.249. The highest BCUT2D eigenvalue weighted by Crippen LogP contribution is 2.10. The quantitative estimate of drug-likeness (QED) is 0.676. The Morgan fingerprint density at radius 1 is 1.43 bits per heavy atom. The van der Waals surface area contributed by atoms with Gasteiger partial charge in [0, 0.05) is 30.4 Å². The summed E-state index contributed by atoms with van der Waals surface area (Å²) in [5, 5.41) is 12.7. The molecule has 1 atom stereocenters. The van der Waals surface area contributed by atoms with E-state index in [1.54, 1.807) is 0 Å². The summed E-state index contributed by atoms with van der Waals surface area (Å²) in [6.07, 6.45) is 0.681. The number of rotatable bonds is 5. The zero-order chi connectivity index (χ0) is 15.2. The number of benzene rings is 1. The number of hydrogen-bond donors (Lipinski definition) is 4. The number of aryl methyl sites for hydroxylation is 1. The Morgan fingerprint density at radius 3 is 2.90 bits per heavy atom. The molecule has 0 unspecified atom stereocenters. The Kier molecular flexibility index (Phi) is 4.94. The van der Waals surface area contributed by atoms with Gasteiger partial charge in [-0.2, -0.15) is 5.10 Å². The highest BCUT2D eigenvalue weighted by atomic mass is 16.2. The van der Waals surface area contributed by atoms with Crippen LogP contribution in [-0.4, -0.2) is 22.3 Å². The monoisotopic (exact) mass is 287 g/mol. The van der Waals surface area contributed by atoms with Crippen LogP contribution in [0.5, 0.6) is 0 Å². The molecular weight excluding hydrogens is 266 g/mol. The Bertz CT molecular complexity index is 608. The second-order valence-electron chi connectivity index (χ2n) is 5.15. The molecule has 0 aliphatic rings. The molecule has 5 N–H and O–H groups in total. The zero-order valence-corrected chi connectivity index (χ0v) is 12.3. The number of aromatic nitrogens is 2. The van der Waals surface area contributed by atoms with Crippen molar-refractivity contribution in [3.05, 3.63) is 47.3 Å². The van der Waals surface area contributed by atoms with Crippen molar-refractivity contribution in [1.82, 2.24) is 15.5 Å². The van der Waals surface area contributed by atoms with Crippen LogP contribution in [0.4, 0.5) is 10.5 Å². The van der Waals surface area contributed by atoms with Gasteiger partial charge in [0.15, 0.2) is 0 Å². The van der Waals surface area contributed by atoms with Gasteiger partial charge in [-0.05, 0) is 37.6 Å². The summed E-state index contributed by atoms with van der Waals surface area (Å²) in [4.78, 5) is 11.9. The van der Waals surface area contributed by atoms with Gasteiger partial charge in [-0.3, -0.25) is 5.10 Å². The molecule has 0 aliphatic heterocycles. The fourth-order valence-corrected chi connectivity index (χ4v) is 2.11. The average Bonchev–Trinajstić information content (AvgIpc) is 2.83. The number of anilines is 1. The number of nitrogens with one attached hydrogen (secondary N) is 3. The van der Waals surface area contributed by atoms with Crippen LogP contribution in [0.25, 0.3) is 0 Å². The molecule has 0 aliphatic carbocycles. The number of nitrogens with zero attached hydrogens (tertiary/aromatic N) is 1. The van der Waals surface area contributed by atoms with Crippen LogP contribution in [0, 0.1) is 6.92 Å². The average molecular weight is 287 g/mol. The fourth-order valence-electron chi connectivity index (χ4n) is 2.11. The molecule has 112 valence electrons. The minimum atomic E-state index is -0.232. The number of H-pyrrole nitrogens is 1. The van der Waals surface area contributed by atoms with Gasteiger partial charge in [-0.15, -0.1) is 0 Å². The van der Waals surface area contributed by atoms with E-state index >= 15 is 0 Å². The Labute approximate surface area is 124 Å². The van der Waals surface area contributed by atoms with Crippen molar-refractivity contribution in [3.8, 4) is 0 Å². The van der Waals surface area contributed by atoms with E-state index in [-0.39, 0.29) is 12.1 Å². The van der Waals surface area contributed by atoms with Gasteiger partial charge in [-0.25, -0.2) is 4.79 Å². The van der Waals surface area contributed by atoms with Gasteiger partial charge in [0.05, 0.1) is 5.69 Å². The molecule has 6 nitrogen and oxygen atoms in total. The molecule has 0 radical (unpaired) electrons. The first-order valence-electron chi connectivity index (χ1n) is 6.94. The Morgan fingerprint density at radius 2 is 2.24 bits per heavy atom. The van der Waals surface area contributed by atoms with Crippen molar-refractivity contribution >= 4 is 11.7 Å². The predicted molar refractivity (Wildman–Crippen MR) is 83.0 cm³/mol. The molecule has 21 heavy (non-hydrogen) atoms. The third-order valence-corrected chi connectivity index (χ3v) is 3.07. The molecule has 0 saturated carbocycles. The van der Waals surface area contributed by atoms with Crippen LogP contribution in [0.1, 0.15) is 23.9 Å². The smallest absolute Gasteiger partial charge is 0.319 e. The van der Waals surface area contributed by atoms with Crippen molar-refractivity contribution in [1.29, 1.82) is 0 Å². The van der Waals surface area contributed by atoms with E-state index in [0.29, 0.717) is 13.0 Å². The van der Waals surface area contributed by atoms with E-state index in [0.717, 1.165) is 22.6 Å². The van der Waals surface area contributed by atoms with Crippen LogP contribution < -0.4 is 16.4 Å². The van der Waals surface area contributed by atoms with E-state index in [4.69, 9.17) is 5.73 Å². The van der Waals surface area contributed by atoms with Gasteiger partial charge >= 0.3 is 6.03 Å². The number of amides is 2. The number of nitrogens with two attached hydrogens (primary N) is 1. The van der Waals surface area contributed by atoms with E-state index in [1.807, 2.05) is 44.2 Å². The first-order chi connectivity index (χ1) is 10.1. The van der Waals surface area contributed by atoms with Crippen molar-refractivity contribution in [2.45, 2.75) is 32.9 Å². The van der Waals surface area contributed by atoms with Crippen molar-refractivity contribution < 1.29 is 4.79 Å². The molecule has 1 heterocycles.